The van der Waals surface area contributed by atoms with Gasteiger partial charge in [0, 0.05) is 6.54 Å². The van der Waals surface area contributed by atoms with Crippen LogP contribution in [-0.4, -0.2) is 24.3 Å². The highest BCUT2D eigenvalue weighted by Crippen LogP contribution is 2.09. The summed E-state index contributed by atoms with van der Waals surface area (Å²) >= 11 is 0. The highest BCUT2D eigenvalue weighted by molar-refractivity contribution is 4.63. The molecule has 1 fully saturated rings. The first-order chi connectivity index (χ1) is 3.34. The highest BCUT2D eigenvalue weighted by Gasteiger charge is 2.22. The lowest BCUT2D eigenvalue weighted by molar-refractivity contribution is -0.280. The van der Waals surface area contributed by atoms with Gasteiger partial charge in [-0.2, -0.15) is 5.06 Å². The molecule has 0 bridgehead atoms. The Morgan fingerprint density at radius 1 is 1.86 bits per heavy atom. The van der Waals surface area contributed by atoms with Crippen LogP contribution < -0.4 is 0 Å². The van der Waals surface area contributed by atoms with Crippen LogP contribution in [0.3, 0.4) is 0 Å². The summed E-state index contributed by atoms with van der Waals surface area (Å²) < 4.78 is 0. The van der Waals surface area contributed by atoms with E-state index in [1.165, 1.54) is 0 Å². The van der Waals surface area contributed by atoms with E-state index < -0.39 is 0 Å². The predicted octanol–water partition coefficient (Wildman–Crippen LogP) is 0.642. The lowest BCUT2D eigenvalue weighted by Gasteiger charge is -2.36. The fourth-order valence-corrected chi connectivity index (χ4v) is 0.732. The second-order valence-electron chi connectivity index (χ2n) is 1.88. The molecule has 2 heteroatoms. The molecule has 2 nitrogen and oxygen atoms in total. The van der Waals surface area contributed by atoms with Crippen LogP contribution in [-0.2, 0) is 4.84 Å². The summed E-state index contributed by atoms with van der Waals surface area (Å²) in [5.41, 5.74) is 0. The van der Waals surface area contributed by atoms with Crippen molar-refractivity contribution in [1.29, 1.82) is 0 Å². The second kappa shape index (κ2) is 1.80. The van der Waals surface area contributed by atoms with Crippen molar-refractivity contribution in [2.24, 2.45) is 0 Å². The number of rotatable bonds is 1. The van der Waals surface area contributed by atoms with Crippen molar-refractivity contribution in [2.75, 3.05) is 13.2 Å². The molecule has 0 aromatic heterocycles. The van der Waals surface area contributed by atoms with Gasteiger partial charge >= 0.3 is 0 Å². The van der Waals surface area contributed by atoms with Gasteiger partial charge in [0.15, 0.2) is 0 Å². The normalized spacial score (nSPS) is 32.6. The zero-order chi connectivity index (χ0) is 5.28. The standard InChI is InChI=1S/C5H11NO/c1-3-6-5(2)4-7-6/h5H,3-4H2,1-2H3. The Labute approximate surface area is 44.0 Å². The van der Waals surface area contributed by atoms with Crippen LogP contribution in [0.2, 0.25) is 0 Å². The average Bonchev–Trinajstić information content (AvgIpc) is 1.65. The van der Waals surface area contributed by atoms with Gasteiger partial charge in [-0.05, 0) is 6.92 Å². The van der Waals surface area contributed by atoms with Crippen molar-refractivity contribution in [2.45, 2.75) is 19.9 Å². The molecule has 0 saturated carbocycles. The fraction of sp³-hybridized carbons (Fsp3) is 1.00. The van der Waals surface area contributed by atoms with E-state index in [-0.39, 0.29) is 0 Å². The SMILES string of the molecule is CCN1OCC1C. The monoisotopic (exact) mass is 101 g/mol. The van der Waals surface area contributed by atoms with Crippen LogP contribution >= 0.6 is 0 Å². The van der Waals surface area contributed by atoms with Crippen molar-refractivity contribution in [1.82, 2.24) is 5.06 Å². The second-order valence-corrected chi connectivity index (χ2v) is 1.88. The molecule has 0 aliphatic carbocycles. The van der Waals surface area contributed by atoms with Gasteiger partial charge in [-0.1, -0.05) is 6.92 Å². The molecular weight excluding hydrogens is 90.1 g/mol. The van der Waals surface area contributed by atoms with Crippen LogP contribution in [0.15, 0.2) is 0 Å². The van der Waals surface area contributed by atoms with E-state index in [1.807, 2.05) is 5.06 Å². The van der Waals surface area contributed by atoms with Crippen molar-refractivity contribution < 1.29 is 4.84 Å². The molecule has 0 aromatic carbocycles. The van der Waals surface area contributed by atoms with Crippen LogP contribution in [0, 0.1) is 0 Å². The molecular formula is C5H11NO. The van der Waals surface area contributed by atoms with E-state index in [2.05, 4.69) is 13.8 Å². The molecule has 1 aliphatic rings. The highest BCUT2D eigenvalue weighted by atomic mass is 16.7. The Morgan fingerprint density at radius 2 is 2.57 bits per heavy atom. The van der Waals surface area contributed by atoms with Gasteiger partial charge in [-0.3, -0.25) is 4.84 Å². The summed E-state index contributed by atoms with van der Waals surface area (Å²) in [6.45, 7) is 6.18. The smallest absolute Gasteiger partial charge is 0.0861 e. The minimum absolute atomic E-state index is 0.657. The molecule has 1 atom stereocenters. The Bertz CT molecular complexity index is 63.1. The van der Waals surface area contributed by atoms with Crippen molar-refractivity contribution in [3.05, 3.63) is 0 Å². The van der Waals surface area contributed by atoms with Gasteiger partial charge in [-0.15, -0.1) is 0 Å². The molecule has 7 heavy (non-hydrogen) atoms. The molecule has 0 N–H and O–H groups in total. The average molecular weight is 101 g/mol. The maximum Gasteiger partial charge on any atom is 0.0861 e. The first-order valence-corrected chi connectivity index (χ1v) is 2.74. The van der Waals surface area contributed by atoms with E-state index in [4.69, 9.17) is 4.84 Å². The molecule has 42 valence electrons. The molecule has 1 rings (SSSR count). The number of hydrogen-bond donors (Lipinski definition) is 0. The summed E-state index contributed by atoms with van der Waals surface area (Å²) in [7, 11) is 0. The number of hydroxylamine groups is 2. The third-order valence-electron chi connectivity index (χ3n) is 1.28. The topological polar surface area (TPSA) is 12.5 Å². The number of nitrogens with zero attached hydrogens (tertiary/aromatic N) is 1. The zero-order valence-electron chi connectivity index (χ0n) is 4.85. The van der Waals surface area contributed by atoms with Crippen LogP contribution in [0.5, 0.6) is 0 Å². The van der Waals surface area contributed by atoms with E-state index >= 15 is 0 Å². The Kier molecular flexibility index (Phi) is 1.30. The lowest BCUT2D eigenvalue weighted by Crippen LogP contribution is -2.47. The fourth-order valence-electron chi connectivity index (χ4n) is 0.732. The summed E-state index contributed by atoms with van der Waals surface area (Å²) in [5.74, 6) is 0. The Balaban J connectivity index is 2.16. The molecule has 0 amide bonds. The third kappa shape index (κ3) is 0.763. The van der Waals surface area contributed by atoms with Gasteiger partial charge in [0.1, 0.15) is 0 Å². The van der Waals surface area contributed by atoms with Crippen molar-refractivity contribution in [3.8, 4) is 0 Å². The molecule has 0 radical (unpaired) electrons. The van der Waals surface area contributed by atoms with Gasteiger partial charge < -0.3 is 0 Å². The largest absolute Gasteiger partial charge is 0.297 e. The van der Waals surface area contributed by atoms with E-state index in [0.29, 0.717) is 6.04 Å². The van der Waals surface area contributed by atoms with Crippen molar-refractivity contribution in [3.63, 3.8) is 0 Å². The minimum Gasteiger partial charge on any atom is -0.297 e. The van der Waals surface area contributed by atoms with E-state index in [9.17, 15) is 0 Å². The number of hydrogen-bond acceptors (Lipinski definition) is 2. The first kappa shape index (κ1) is 5.06. The maximum atomic E-state index is 5.03. The lowest BCUT2D eigenvalue weighted by atomic mass is 10.3. The van der Waals surface area contributed by atoms with Gasteiger partial charge in [-0.25, -0.2) is 0 Å². The summed E-state index contributed by atoms with van der Waals surface area (Å²) in [4.78, 5) is 5.03. The predicted molar refractivity (Wildman–Crippen MR) is 27.8 cm³/mol. The minimum atomic E-state index is 0.657. The molecule has 1 saturated heterocycles. The number of likely N-dealkylation sites (N-methyl/N-ethyl adjacent to an activating group) is 1. The molecule has 1 unspecified atom stereocenters. The van der Waals surface area contributed by atoms with Gasteiger partial charge in [0.25, 0.3) is 0 Å². The van der Waals surface area contributed by atoms with E-state index in [1.54, 1.807) is 0 Å². The van der Waals surface area contributed by atoms with Gasteiger partial charge in [0.2, 0.25) is 0 Å². The van der Waals surface area contributed by atoms with Crippen molar-refractivity contribution >= 4 is 0 Å². The summed E-state index contributed by atoms with van der Waals surface area (Å²) in [5, 5.41) is 1.97. The zero-order valence-corrected chi connectivity index (χ0v) is 4.85. The third-order valence-corrected chi connectivity index (χ3v) is 1.28. The first-order valence-electron chi connectivity index (χ1n) is 2.74. The molecule has 0 aromatic rings. The van der Waals surface area contributed by atoms with E-state index in [0.717, 1.165) is 13.2 Å². The van der Waals surface area contributed by atoms with Gasteiger partial charge in [0.05, 0.1) is 12.6 Å². The maximum absolute atomic E-state index is 5.03. The summed E-state index contributed by atoms with van der Waals surface area (Å²) in [6.07, 6.45) is 0. The van der Waals surface area contributed by atoms with Crippen LogP contribution in [0.25, 0.3) is 0 Å². The molecule has 1 heterocycles. The van der Waals surface area contributed by atoms with Crippen LogP contribution in [0.4, 0.5) is 0 Å². The Hall–Kier alpha value is -0.0800. The summed E-state index contributed by atoms with van der Waals surface area (Å²) in [6, 6.07) is 0.657. The molecule has 0 spiro atoms. The quantitative estimate of drug-likeness (QED) is 0.480. The Morgan fingerprint density at radius 3 is 2.57 bits per heavy atom. The molecule has 1 aliphatic heterocycles. The van der Waals surface area contributed by atoms with Crippen LogP contribution in [0.1, 0.15) is 13.8 Å².